The maximum absolute atomic E-state index is 13.0. The highest BCUT2D eigenvalue weighted by atomic mass is 32.2. The maximum atomic E-state index is 13.0. The topological polar surface area (TPSA) is 127 Å². The average Bonchev–Trinajstić information content (AvgIpc) is 3.33. The summed E-state index contributed by atoms with van der Waals surface area (Å²) in [6.07, 6.45) is 0. The molecule has 0 aromatic carbocycles. The molecule has 0 unspecified atom stereocenters. The maximum Gasteiger partial charge on any atom is 0.355 e. The van der Waals surface area contributed by atoms with E-state index in [1.807, 2.05) is 20.8 Å². The second-order valence-corrected chi connectivity index (χ2v) is 10.1. The number of carbonyl (C=O) groups excluding carboxylic acids is 2. The Bertz CT molecular complexity index is 922. The Morgan fingerprint density at radius 3 is 2.87 bits per heavy atom. The summed E-state index contributed by atoms with van der Waals surface area (Å²) in [5.41, 5.74) is 0.506. The molecule has 1 amide bonds. The van der Waals surface area contributed by atoms with Gasteiger partial charge >= 0.3 is 5.97 Å². The summed E-state index contributed by atoms with van der Waals surface area (Å²) in [4.78, 5) is 31.9. The second-order valence-electron chi connectivity index (χ2n) is 8.02. The molecule has 3 aliphatic rings. The van der Waals surface area contributed by atoms with Crippen LogP contribution in [0.2, 0.25) is 0 Å². The third-order valence-electron chi connectivity index (χ3n) is 4.56. The van der Waals surface area contributed by atoms with E-state index in [9.17, 15) is 9.59 Å². The fourth-order valence-corrected chi connectivity index (χ4v) is 5.58. The minimum Gasteiger partial charge on any atom is -0.455 e. The largest absolute Gasteiger partial charge is 0.455 e. The van der Waals surface area contributed by atoms with Gasteiger partial charge in [-0.1, -0.05) is 11.8 Å². The van der Waals surface area contributed by atoms with Crippen LogP contribution in [0, 0.1) is 0 Å². The van der Waals surface area contributed by atoms with Gasteiger partial charge in [0.2, 0.25) is 5.16 Å². The van der Waals surface area contributed by atoms with Gasteiger partial charge in [0.1, 0.15) is 22.7 Å². The summed E-state index contributed by atoms with van der Waals surface area (Å²) < 4.78 is 7.20. The number of rotatable bonds is 5. The Kier molecular flexibility index (Phi) is 5.66. The molecule has 3 aliphatic heterocycles. The van der Waals surface area contributed by atoms with Gasteiger partial charge in [0, 0.05) is 25.1 Å². The Balaban J connectivity index is 1.56. The number of carbonyl (C=O) groups is 2. The summed E-state index contributed by atoms with van der Waals surface area (Å²) in [5, 5.41) is 18.2. The van der Waals surface area contributed by atoms with Gasteiger partial charge in [0.05, 0.1) is 6.54 Å². The molecule has 1 fully saturated rings. The number of amides is 1. The predicted molar refractivity (Wildman–Crippen MR) is 113 cm³/mol. The molecule has 0 radical (unpaired) electrons. The molecular formula is C17H24N8O3S2. The van der Waals surface area contributed by atoms with Crippen LogP contribution in [0.25, 0.3) is 0 Å². The SMILES string of the molecule is Cn1nnnc1SCC1=C(C(=O)OC(C)(C)C)N2C(=O)[C@@H](NC3=NCCN3)[C@H]2SC1. The highest BCUT2D eigenvalue weighted by Crippen LogP contribution is 2.42. The fourth-order valence-electron chi connectivity index (χ4n) is 3.25. The molecule has 2 N–H and O–H groups in total. The summed E-state index contributed by atoms with van der Waals surface area (Å²) in [7, 11) is 1.76. The summed E-state index contributed by atoms with van der Waals surface area (Å²) >= 11 is 3.04. The van der Waals surface area contributed by atoms with Gasteiger partial charge in [-0.05, 0) is 36.8 Å². The third-order valence-corrected chi connectivity index (χ3v) is 7.00. The van der Waals surface area contributed by atoms with E-state index in [2.05, 4.69) is 31.2 Å². The molecule has 162 valence electrons. The molecule has 4 heterocycles. The van der Waals surface area contributed by atoms with E-state index < -0.39 is 17.6 Å². The van der Waals surface area contributed by atoms with E-state index in [0.717, 1.165) is 12.1 Å². The van der Waals surface area contributed by atoms with Crippen molar-refractivity contribution >= 4 is 41.4 Å². The van der Waals surface area contributed by atoms with Crippen molar-refractivity contribution in [2.75, 3.05) is 24.6 Å². The molecule has 0 spiro atoms. The molecule has 2 atom stereocenters. The number of hydrogen-bond acceptors (Lipinski definition) is 11. The number of tetrazole rings is 1. The number of aryl methyl sites for hydroxylation is 1. The number of hydrogen-bond donors (Lipinski definition) is 2. The lowest BCUT2D eigenvalue weighted by molar-refractivity contribution is -0.158. The lowest BCUT2D eigenvalue weighted by atomic mass is 10.0. The first-order valence-electron chi connectivity index (χ1n) is 9.54. The number of nitrogens with zero attached hydrogens (tertiary/aromatic N) is 6. The molecule has 0 bridgehead atoms. The van der Waals surface area contributed by atoms with Gasteiger partial charge in [0.25, 0.3) is 5.91 Å². The van der Waals surface area contributed by atoms with Crippen LogP contribution in [0.1, 0.15) is 20.8 Å². The van der Waals surface area contributed by atoms with Crippen molar-refractivity contribution in [3.8, 4) is 0 Å². The fraction of sp³-hybridized carbons (Fsp3) is 0.647. The molecule has 0 aliphatic carbocycles. The van der Waals surface area contributed by atoms with Crippen LogP contribution < -0.4 is 10.6 Å². The number of β-lactam (4-membered cyclic amide) rings is 1. The monoisotopic (exact) mass is 452 g/mol. The van der Waals surface area contributed by atoms with Crippen LogP contribution in [0.15, 0.2) is 21.4 Å². The molecule has 13 heteroatoms. The van der Waals surface area contributed by atoms with Crippen LogP contribution in [0.3, 0.4) is 0 Å². The number of guanidine groups is 1. The highest BCUT2D eigenvalue weighted by Gasteiger charge is 2.54. The number of thioether (sulfide) groups is 2. The zero-order chi connectivity index (χ0) is 21.5. The van der Waals surface area contributed by atoms with Crippen molar-refractivity contribution in [1.29, 1.82) is 0 Å². The Labute approximate surface area is 182 Å². The zero-order valence-corrected chi connectivity index (χ0v) is 18.8. The first-order chi connectivity index (χ1) is 14.2. The minimum absolute atomic E-state index is 0.160. The Morgan fingerprint density at radius 2 is 2.23 bits per heavy atom. The van der Waals surface area contributed by atoms with Crippen molar-refractivity contribution in [2.24, 2.45) is 12.0 Å². The van der Waals surface area contributed by atoms with E-state index in [1.54, 1.807) is 28.4 Å². The van der Waals surface area contributed by atoms with E-state index in [4.69, 9.17) is 4.74 Å². The van der Waals surface area contributed by atoms with Crippen LogP contribution >= 0.6 is 23.5 Å². The first kappa shape index (κ1) is 21.0. The molecule has 1 saturated heterocycles. The highest BCUT2D eigenvalue weighted by molar-refractivity contribution is 8.01. The van der Waals surface area contributed by atoms with Crippen LogP contribution in [-0.4, -0.2) is 84.6 Å². The molecule has 30 heavy (non-hydrogen) atoms. The van der Waals surface area contributed by atoms with Crippen LogP contribution in [0.5, 0.6) is 0 Å². The Hall–Kier alpha value is -2.28. The van der Waals surface area contributed by atoms with Gasteiger partial charge in [-0.15, -0.1) is 16.9 Å². The van der Waals surface area contributed by atoms with Gasteiger partial charge < -0.3 is 15.4 Å². The average molecular weight is 453 g/mol. The van der Waals surface area contributed by atoms with Crippen molar-refractivity contribution in [1.82, 2.24) is 35.7 Å². The van der Waals surface area contributed by atoms with Crippen molar-refractivity contribution in [3.05, 3.63) is 11.3 Å². The normalized spacial score (nSPS) is 23.5. The minimum atomic E-state index is -0.663. The quantitative estimate of drug-likeness (QED) is 0.350. The number of nitrogens with one attached hydrogen (secondary N) is 2. The molecule has 1 aromatic heterocycles. The van der Waals surface area contributed by atoms with Crippen LogP contribution in [0.4, 0.5) is 0 Å². The lowest BCUT2D eigenvalue weighted by Crippen LogP contribution is -2.71. The van der Waals surface area contributed by atoms with Crippen LogP contribution in [-0.2, 0) is 21.4 Å². The molecule has 4 rings (SSSR count). The van der Waals surface area contributed by atoms with Crippen molar-refractivity contribution in [3.63, 3.8) is 0 Å². The number of fused-ring (bicyclic) bond motifs is 1. The summed E-state index contributed by atoms with van der Waals surface area (Å²) in [6.45, 7) is 6.88. The zero-order valence-electron chi connectivity index (χ0n) is 17.2. The molecule has 11 nitrogen and oxygen atoms in total. The second kappa shape index (κ2) is 8.10. The molecule has 1 aromatic rings. The third kappa shape index (κ3) is 4.13. The van der Waals surface area contributed by atoms with Crippen molar-refractivity contribution in [2.45, 2.75) is 42.9 Å². The number of aliphatic imine (C=N–C) groups is 1. The summed E-state index contributed by atoms with van der Waals surface area (Å²) in [6, 6.07) is -0.422. The standard InChI is InChI=1S/C17H24N8O3S2/c1-17(2,3)28-14(27)11-9(8-30-16-21-22-23-24(16)4)7-29-13-10(12(26)25(11)13)20-15-18-5-6-19-15/h10,13H,5-8H2,1-4H3,(H2,18,19,20)/t10-,13-/m1/s1. The van der Waals surface area contributed by atoms with Gasteiger partial charge in [0.15, 0.2) is 5.96 Å². The number of esters is 1. The Morgan fingerprint density at radius 1 is 1.43 bits per heavy atom. The van der Waals surface area contributed by atoms with E-state index in [-0.39, 0.29) is 11.3 Å². The number of aromatic nitrogens is 4. The van der Waals surface area contributed by atoms with Gasteiger partial charge in [-0.2, -0.15) is 0 Å². The smallest absolute Gasteiger partial charge is 0.355 e. The first-order valence-corrected chi connectivity index (χ1v) is 11.6. The molecule has 0 saturated carbocycles. The van der Waals surface area contributed by atoms with Gasteiger partial charge in [-0.3, -0.25) is 14.7 Å². The van der Waals surface area contributed by atoms with Gasteiger partial charge in [-0.25, -0.2) is 9.48 Å². The lowest BCUT2D eigenvalue weighted by Gasteiger charge is -2.50. The molecular weight excluding hydrogens is 428 g/mol. The summed E-state index contributed by atoms with van der Waals surface area (Å²) in [5.74, 6) is 1.08. The van der Waals surface area contributed by atoms with Crippen molar-refractivity contribution < 1.29 is 14.3 Å². The number of ether oxygens (including phenoxy) is 1. The van der Waals surface area contributed by atoms with E-state index in [0.29, 0.717) is 34.9 Å². The predicted octanol–water partition coefficient (Wildman–Crippen LogP) is -0.269. The van der Waals surface area contributed by atoms with E-state index in [1.165, 1.54) is 11.8 Å². The van der Waals surface area contributed by atoms with E-state index >= 15 is 0 Å².